The van der Waals surface area contributed by atoms with Gasteiger partial charge in [0.1, 0.15) is 6.04 Å². The van der Waals surface area contributed by atoms with Gasteiger partial charge in [0.15, 0.2) is 17.3 Å². The molecule has 0 spiro atoms. The Morgan fingerprint density at radius 2 is 1.69 bits per heavy atom. The number of benzene rings is 2. The van der Waals surface area contributed by atoms with E-state index in [0.29, 0.717) is 48.9 Å². The number of nitrogens with zero attached hydrogens (tertiary/aromatic N) is 2. The molecular weight excluding hydrogens is 412 g/mol. The summed E-state index contributed by atoms with van der Waals surface area (Å²) in [5.41, 5.74) is 7.32. The van der Waals surface area contributed by atoms with Crippen molar-refractivity contribution in [3.05, 3.63) is 53.6 Å². The fourth-order valence-corrected chi connectivity index (χ4v) is 4.10. The molecule has 0 radical (unpaired) electrons. The van der Waals surface area contributed by atoms with Gasteiger partial charge in [0.05, 0.1) is 12.2 Å². The van der Waals surface area contributed by atoms with Gasteiger partial charge in [-0.2, -0.15) is 0 Å². The second-order valence-electron chi connectivity index (χ2n) is 7.88. The lowest BCUT2D eigenvalue weighted by Crippen LogP contribution is -2.51. The second-order valence-corrected chi connectivity index (χ2v) is 7.88. The summed E-state index contributed by atoms with van der Waals surface area (Å²) >= 11 is 0. The van der Waals surface area contributed by atoms with Crippen LogP contribution in [0.4, 0.5) is 5.69 Å². The number of carbonyl (C=O) groups is 3. The fourth-order valence-electron chi connectivity index (χ4n) is 4.10. The molecule has 0 unspecified atom stereocenters. The van der Waals surface area contributed by atoms with E-state index in [9.17, 15) is 14.4 Å². The predicted molar refractivity (Wildman–Crippen MR) is 118 cm³/mol. The summed E-state index contributed by atoms with van der Waals surface area (Å²) < 4.78 is 10.7. The highest BCUT2D eigenvalue weighted by Crippen LogP contribution is 2.37. The molecule has 2 aliphatic rings. The molecule has 0 aliphatic carbocycles. The number of fused-ring (bicyclic) bond motifs is 1. The lowest BCUT2D eigenvalue weighted by atomic mass is 10.0. The molecular formula is C23H26N4O5. The van der Waals surface area contributed by atoms with Crippen LogP contribution in [0.25, 0.3) is 0 Å². The van der Waals surface area contributed by atoms with Crippen molar-refractivity contribution in [1.29, 1.82) is 0 Å². The van der Waals surface area contributed by atoms with Crippen LogP contribution in [0.1, 0.15) is 28.9 Å². The Labute approximate surface area is 186 Å². The van der Waals surface area contributed by atoms with Gasteiger partial charge < -0.3 is 20.5 Å². The molecule has 2 amide bonds. The van der Waals surface area contributed by atoms with Gasteiger partial charge in [-0.05, 0) is 18.6 Å². The zero-order chi connectivity index (χ0) is 22.7. The molecule has 1 saturated heterocycles. The van der Waals surface area contributed by atoms with Crippen LogP contribution in [0.2, 0.25) is 0 Å². The molecule has 2 aromatic carbocycles. The first-order chi connectivity index (χ1) is 15.4. The van der Waals surface area contributed by atoms with Gasteiger partial charge in [-0.25, -0.2) is 0 Å². The number of amides is 2. The summed E-state index contributed by atoms with van der Waals surface area (Å²) in [6.45, 7) is 4.15. The molecule has 4 rings (SSSR count). The maximum atomic E-state index is 12.7. The Hall–Kier alpha value is -3.43. The Morgan fingerprint density at radius 3 is 2.31 bits per heavy atom. The van der Waals surface area contributed by atoms with Crippen LogP contribution in [-0.4, -0.2) is 66.9 Å². The van der Waals surface area contributed by atoms with E-state index in [1.807, 2.05) is 40.1 Å². The number of Topliss-reactive ketones (excluding diaryl/α,β-unsaturated/α-hetero) is 1. The normalized spacial score (nSPS) is 17.0. The summed E-state index contributed by atoms with van der Waals surface area (Å²) in [6, 6.07) is 12.2. The van der Waals surface area contributed by atoms with Gasteiger partial charge in [0.25, 0.3) is 0 Å². The zero-order valence-corrected chi connectivity index (χ0v) is 17.9. The molecule has 9 heteroatoms. The molecule has 1 fully saturated rings. The van der Waals surface area contributed by atoms with Crippen molar-refractivity contribution >= 4 is 23.3 Å². The van der Waals surface area contributed by atoms with Crippen molar-refractivity contribution in [1.82, 2.24) is 9.80 Å². The number of ketones is 1. The van der Waals surface area contributed by atoms with Crippen LogP contribution >= 0.6 is 0 Å². The Balaban J connectivity index is 1.36. The number of ether oxygens (including phenoxy) is 2. The van der Waals surface area contributed by atoms with E-state index in [1.165, 1.54) is 6.92 Å². The summed E-state index contributed by atoms with van der Waals surface area (Å²) in [6.07, 6.45) is 0. The van der Waals surface area contributed by atoms with Gasteiger partial charge in [-0.15, -0.1) is 0 Å². The van der Waals surface area contributed by atoms with Crippen LogP contribution in [0, 0.1) is 0 Å². The smallest absolute Gasteiger partial charge is 0.239 e. The van der Waals surface area contributed by atoms with E-state index in [1.54, 1.807) is 12.1 Å². The van der Waals surface area contributed by atoms with Crippen molar-refractivity contribution in [3.8, 4) is 11.5 Å². The Bertz CT molecular complexity index is 1020. The molecule has 168 valence electrons. The number of nitrogens with one attached hydrogen (secondary N) is 1. The standard InChI is InChI=1S/C23H26N4O5/c1-15(28)17-11-19-20(32-14-31-19)12-18(17)25-21(29)13-26-7-9-27(10-8-26)22(23(24)30)16-5-3-2-4-6-16/h2-6,11-12,22H,7-10,13-14H2,1H3,(H2,24,30)(H,25,29)/t22-/m1/s1. The van der Waals surface area contributed by atoms with Gasteiger partial charge in [0, 0.05) is 37.8 Å². The third-order valence-electron chi connectivity index (χ3n) is 5.69. The first-order valence-corrected chi connectivity index (χ1v) is 10.5. The van der Waals surface area contributed by atoms with E-state index >= 15 is 0 Å². The predicted octanol–water partition coefficient (Wildman–Crippen LogP) is 1.40. The second kappa shape index (κ2) is 9.37. The maximum absolute atomic E-state index is 12.7. The number of carbonyl (C=O) groups excluding carboxylic acids is 3. The van der Waals surface area contributed by atoms with Gasteiger partial charge in [0.2, 0.25) is 18.6 Å². The van der Waals surface area contributed by atoms with E-state index in [0.717, 1.165) is 5.56 Å². The summed E-state index contributed by atoms with van der Waals surface area (Å²) in [7, 11) is 0. The van der Waals surface area contributed by atoms with Crippen LogP contribution in [0.3, 0.4) is 0 Å². The van der Waals surface area contributed by atoms with Crippen LogP contribution in [0.15, 0.2) is 42.5 Å². The summed E-state index contributed by atoms with van der Waals surface area (Å²) in [5, 5.41) is 2.82. The van der Waals surface area contributed by atoms with Gasteiger partial charge in [-0.1, -0.05) is 30.3 Å². The fraction of sp³-hybridized carbons (Fsp3) is 0.348. The molecule has 0 aromatic heterocycles. The number of hydrogen-bond acceptors (Lipinski definition) is 7. The molecule has 1 atom stereocenters. The Morgan fingerprint density at radius 1 is 1.03 bits per heavy atom. The van der Waals surface area contributed by atoms with Crippen molar-refractivity contribution < 1.29 is 23.9 Å². The number of hydrogen-bond donors (Lipinski definition) is 2. The monoisotopic (exact) mass is 438 g/mol. The van der Waals surface area contributed by atoms with Crippen molar-refractivity contribution in [2.75, 3.05) is 44.8 Å². The highest BCUT2D eigenvalue weighted by molar-refractivity contribution is 6.05. The quantitative estimate of drug-likeness (QED) is 0.628. The number of piperazine rings is 1. The molecule has 2 aliphatic heterocycles. The minimum atomic E-state index is -0.487. The first kappa shape index (κ1) is 21.8. The molecule has 0 saturated carbocycles. The minimum absolute atomic E-state index is 0.0869. The van der Waals surface area contributed by atoms with Crippen molar-refractivity contribution in [2.24, 2.45) is 5.73 Å². The minimum Gasteiger partial charge on any atom is -0.454 e. The van der Waals surface area contributed by atoms with Crippen LogP contribution in [-0.2, 0) is 9.59 Å². The number of anilines is 1. The summed E-state index contributed by atoms with van der Waals surface area (Å²) in [4.78, 5) is 40.8. The Kier molecular flexibility index (Phi) is 6.38. The largest absolute Gasteiger partial charge is 0.454 e. The third-order valence-corrected chi connectivity index (χ3v) is 5.69. The lowest BCUT2D eigenvalue weighted by molar-refractivity contribution is -0.125. The molecule has 2 aromatic rings. The van der Waals surface area contributed by atoms with Crippen molar-refractivity contribution in [3.63, 3.8) is 0 Å². The average Bonchev–Trinajstić information content (AvgIpc) is 3.22. The molecule has 32 heavy (non-hydrogen) atoms. The SMILES string of the molecule is CC(=O)c1cc2c(cc1NC(=O)CN1CCN([C@@H](C(N)=O)c3ccccc3)CC1)OCO2. The third kappa shape index (κ3) is 4.74. The molecule has 3 N–H and O–H groups in total. The number of rotatable bonds is 7. The maximum Gasteiger partial charge on any atom is 0.239 e. The van der Waals surface area contributed by atoms with Crippen LogP contribution in [0.5, 0.6) is 11.5 Å². The molecule has 2 heterocycles. The zero-order valence-electron chi connectivity index (χ0n) is 17.9. The van der Waals surface area contributed by atoms with Crippen molar-refractivity contribution in [2.45, 2.75) is 13.0 Å². The van der Waals surface area contributed by atoms with E-state index in [-0.39, 0.29) is 30.9 Å². The molecule has 0 bridgehead atoms. The molecule has 9 nitrogen and oxygen atoms in total. The average molecular weight is 438 g/mol. The van der Waals surface area contributed by atoms with Gasteiger partial charge >= 0.3 is 0 Å². The summed E-state index contributed by atoms with van der Waals surface area (Å²) in [5.74, 6) is 0.200. The topological polar surface area (TPSA) is 114 Å². The highest BCUT2D eigenvalue weighted by Gasteiger charge is 2.29. The first-order valence-electron chi connectivity index (χ1n) is 10.5. The number of primary amides is 1. The van der Waals surface area contributed by atoms with Crippen LogP contribution < -0.4 is 20.5 Å². The van der Waals surface area contributed by atoms with E-state index in [2.05, 4.69) is 5.32 Å². The van der Waals surface area contributed by atoms with E-state index < -0.39 is 6.04 Å². The number of nitrogens with two attached hydrogens (primary N) is 1. The van der Waals surface area contributed by atoms with E-state index in [4.69, 9.17) is 15.2 Å². The van der Waals surface area contributed by atoms with Gasteiger partial charge in [-0.3, -0.25) is 24.2 Å². The highest BCUT2D eigenvalue weighted by atomic mass is 16.7. The lowest BCUT2D eigenvalue weighted by Gasteiger charge is -2.38.